The van der Waals surface area contributed by atoms with Gasteiger partial charge in [0.25, 0.3) is 0 Å². The molecular weight excluding hydrogens is 244 g/mol. The summed E-state index contributed by atoms with van der Waals surface area (Å²) >= 11 is 0. The molecule has 0 aromatic heterocycles. The minimum atomic E-state index is -0.388. The molecule has 2 fully saturated rings. The number of rotatable bonds is 4. The van der Waals surface area contributed by atoms with Crippen LogP contribution in [0.25, 0.3) is 0 Å². The topological polar surface area (TPSA) is 58.6 Å². The van der Waals surface area contributed by atoms with Gasteiger partial charge in [0.15, 0.2) is 0 Å². The first kappa shape index (κ1) is 14.3. The quantitative estimate of drug-likeness (QED) is 0.825. The van der Waals surface area contributed by atoms with Gasteiger partial charge in [-0.2, -0.15) is 0 Å². The van der Waals surface area contributed by atoms with Gasteiger partial charge in [-0.1, -0.05) is 13.3 Å². The molecule has 19 heavy (non-hydrogen) atoms. The molecular formula is C14H24N2O3. The van der Waals surface area contributed by atoms with Gasteiger partial charge in [-0.3, -0.25) is 9.59 Å². The first-order valence-corrected chi connectivity index (χ1v) is 7.32. The maximum atomic E-state index is 12.3. The molecule has 2 rings (SSSR count). The lowest BCUT2D eigenvalue weighted by atomic mass is 9.96. The van der Waals surface area contributed by atoms with Crippen LogP contribution in [0.2, 0.25) is 0 Å². The van der Waals surface area contributed by atoms with Gasteiger partial charge >= 0.3 is 0 Å². The molecule has 0 aromatic rings. The number of nitrogens with zero attached hydrogens (tertiary/aromatic N) is 1. The van der Waals surface area contributed by atoms with E-state index < -0.39 is 0 Å². The van der Waals surface area contributed by atoms with E-state index in [9.17, 15) is 9.59 Å². The van der Waals surface area contributed by atoms with E-state index in [-0.39, 0.29) is 23.9 Å². The summed E-state index contributed by atoms with van der Waals surface area (Å²) in [6, 6.07) is -0.669. The number of hydrogen-bond acceptors (Lipinski definition) is 3. The maximum Gasteiger partial charge on any atom is 0.245 e. The fraction of sp³-hybridized carbons (Fsp3) is 0.857. The summed E-state index contributed by atoms with van der Waals surface area (Å²) < 4.78 is 5.35. The molecule has 1 N–H and O–H groups in total. The zero-order valence-electron chi connectivity index (χ0n) is 11.9. The van der Waals surface area contributed by atoms with Crippen LogP contribution in [0.4, 0.5) is 0 Å². The van der Waals surface area contributed by atoms with Gasteiger partial charge in [-0.05, 0) is 32.1 Å². The molecule has 0 saturated carbocycles. The van der Waals surface area contributed by atoms with Crippen molar-refractivity contribution in [3.63, 3.8) is 0 Å². The number of carbonyl (C=O) groups excluding carboxylic acids is 2. The molecule has 0 spiro atoms. The van der Waals surface area contributed by atoms with E-state index >= 15 is 0 Å². The highest BCUT2D eigenvalue weighted by Gasteiger charge is 2.38. The number of carbonyl (C=O) groups is 2. The lowest BCUT2D eigenvalue weighted by molar-refractivity contribution is -0.150. The van der Waals surface area contributed by atoms with Crippen LogP contribution in [0.15, 0.2) is 0 Å². The van der Waals surface area contributed by atoms with Gasteiger partial charge in [-0.15, -0.1) is 0 Å². The Morgan fingerprint density at radius 2 is 2.00 bits per heavy atom. The Morgan fingerprint density at radius 1 is 1.32 bits per heavy atom. The summed E-state index contributed by atoms with van der Waals surface area (Å²) in [5.41, 5.74) is 0. The molecule has 0 aliphatic carbocycles. The summed E-state index contributed by atoms with van der Waals surface area (Å²) in [4.78, 5) is 26.2. The Balaban J connectivity index is 2.06. The van der Waals surface area contributed by atoms with Gasteiger partial charge in [-0.25, -0.2) is 0 Å². The molecule has 2 unspecified atom stereocenters. The van der Waals surface area contributed by atoms with Crippen LogP contribution < -0.4 is 5.32 Å². The molecule has 108 valence electrons. The lowest BCUT2D eigenvalue weighted by Crippen LogP contribution is -2.63. The number of hydrogen-bond donors (Lipinski definition) is 1. The zero-order valence-corrected chi connectivity index (χ0v) is 11.9. The molecule has 0 aromatic carbocycles. The van der Waals surface area contributed by atoms with Crippen molar-refractivity contribution in [2.45, 2.75) is 51.6 Å². The first-order chi connectivity index (χ1) is 9.13. The SMILES string of the molecule is CCCC1C(=O)NC(C)C(=O)N1CC1CCOCC1. The van der Waals surface area contributed by atoms with E-state index in [4.69, 9.17) is 4.74 Å². The molecule has 2 atom stereocenters. The van der Waals surface area contributed by atoms with Crippen LogP contribution in [-0.2, 0) is 14.3 Å². The van der Waals surface area contributed by atoms with E-state index in [0.717, 1.165) is 38.9 Å². The van der Waals surface area contributed by atoms with Crippen LogP contribution in [-0.4, -0.2) is 48.6 Å². The second-order valence-corrected chi connectivity index (χ2v) is 5.58. The number of amides is 2. The smallest absolute Gasteiger partial charge is 0.245 e. The summed E-state index contributed by atoms with van der Waals surface area (Å²) in [5, 5.41) is 2.78. The lowest BCUT2D eigenvalue weighted by Gasteiger charge is -2.40. The molecule has 0 bridgehead atoms. The van der Waals surface area contributed by atoms with Crippen molar-refractivity contribution in [3.8, 4) is 0 Å². The largest absolute Gasteiger partial charge is 0.381 e. The number of piperazine rings is 1. The van der Waals surface area contributed by atoms with Gasteiger partial charge in [0.05, 0.1) is 0 Å². The Labute approximate surface area is 114 Å². The minimum Gasteiger partial charge on any atom is -0.381 e. The summed E-state index contributed by atoms with van der Waals surface area (Å²) in [6.45, 7) is 6.05. The molecule has 5 nitrogen and oxygen atoms in total. The van der Waals surface area contributed by atoms with Crippen molar-refractivity contribution in [1.82, 2.24) is 10.2 Å². The van der Waals surface area contributed by atoms with Crippen molar-refractivity contribution < 1.29 is 14.3 Å². The highest BCUT2D eigenvalue weighted by Crippen LogP contribution is 2.21. The van der Waals surface area contributed by atoms with Crippen LogP contribution in [0.5, 0.6) is 0 Å². The predicted molar refractivity (Wildman–Crippen MR) is 71.6 cm³/mol. The third-order valence-electron chi connectivity index (χ3n) is 4.05. The molecule has 2 saturated heterocycles. The Kier molecular flexibility index (Phi) is 4.80. The highest BCUT2D eigenvalue weighted by molar-refractivity contribution is 5.96. The molecule has 2 heterocycles. The van der Waals surface area contributed by atoms with Crippen molar-refractivity contribution in [2.24, 2.45) is 5.92 Å². The highest BCUT2D eigenvalue weighted by atomic mass is 16.5. The van der Waals surface area contributed by atoms with Gasteiger partial charge in [0.1, 0.15) is 12.1 Å². The van der Waals surface area contributed by atoms with Crippen LogP contribution in [0, 0.1) is 5.92 Å². The molecule has 2 aliphatic heterocycles. The average Bonchev–Trinajstić information content (AvgIpc) is 2.41. The fourth-order valence-electron chi connectivity index (χ4n) is 2.90. The normalized spacial score (nSPS) is 29.5. The fourth-order valence-corrected chi connectivity index (χ4v) is 2.90. The van der Waals surface area contributed by atoms with E-state index in [0.29, 0.717) is 12.5 Å². The standard InChI is InChI=1S/C14H24N2O3/c1-3-4-12-13(17)15-10(2)14(18)16(12)9-11-5-7-19-8-6-11/h10-12H,3-9H2,1-2H3,(H,15,17). The van der Waals surface area contributed by atoms with Crippen molar-refractivity contribution in [3.05, 3.63) is 0 Å². The van der Waals surface area contributed by atoms with Crippen molar-refractivity contribution in [2.75, 3.05) is 19.8 Å². The van der Waals surface area contributed by atoms with Crippen molar-refractivity contribution in [1.29, 1.82) is 0 Å². The van der Waals surface area contributed by atoms with Crippen molar-refractivity contribution >= 4 is 11.8 Å². The van der Waals surface area contributed by atoms with E-state index in [1.54, 1.807) is 6.92 Å². The second kappa shape index (κ2) is 6.37. The molecule has 5 heteroatoms. The number of ether oxygens (including phenoxy) is 1. The predicted octanol–water partition coefficient (Wildman–Crippen LogP) is 0.929. The minimum absolute atomic E-state index is 0.000935. The third kappa shape index (κ3) is 3.26. The first-order valence-electron chi connectivity index (χ1n) is 7.32. The summed E-state index contributed by atoms with van der Waals surface area (Å²) in [7, 11) is 0. The van der Waals surface area contributed by atoms with Gasteiger partial charge in [0.2, 0.25) is 11.8 Å². The maximum absolute atomic E-state index is 12.3. The Hall–Kier alpha value is -1.10. The summed E-state index contributed by atoms with van der Waals surface area (Å²) in [5.74, 6) is 0.528. The Bertz CT molecular complexity index is 340. The number of nitrogens with one attached hydrogen (secondary N) is 1. The second-order valence-electron chi connectivity index (χ2n) is 5.58. The van der Waals surface area contributed by atoms with Crippen LogP contribution >= 0.6 is 0 Å². The zero-order chi connectivity index (χ0) is 13.8. The van der Waals surface area contributed by atoms with E-state index in [1.165, 1.54) is 0 Å². The van der Waals surface area contributed by atoms with Gasteiger partial charge < -0.3 is 15.0 Å². The molecule has 2 amide bonds. The van der Waals surface area contributed by atoms with Crippen LogP contribution in [0.3, 0.4) is 0 Å². The average molecular weight is 268 g/mol. The van der Waals surface area contributed by atoms with Gasteiger partial charge in [0, 0.05) is 19.8 Å². The van der Waals surface area contributed by atoms with Crippen LogP contribution in [0.1, 0.15) is 39.5 Å². The molecule has 0 radical (unpaired) electrons. The summed E-state index contributed by atoms with van der Waals surface area (Å²) in [6.07, 6.45) is 3.62. The Morgan fingerprint density at radius 3 is 2.63 bits per heavy atom. The van der Waals surface area contributed by atoms with E-state index in [2.05, 4.69) is 5.32 Å². The molecule has 2 aliphatic rings. The monoisotopic (exact) mass is 268 g/mol. The van der Waals surface area contributed by atoms with E-state index in [1.807, 2.05) is 11.8 Å². The third-order valence-corrected chi connectivity index (χ3v) is 4.05.